The molecule has 3 aliphatic heterocycles. The Morgan fingerprint density at radius 2 is 1.68 bits per heavy atom. The summed E-state index contributed by atoms with van der Waals surface area (Å²) < 4.78 is 16.2. The quantitative estimate of drug-likeness (QED) is 0.388. The van der Waals surface area contributed by atoms with Crippen LogP contribution in [0.1, 0.15) is 56.6 Å². The lowest BCUT2D eigenvalue weighted by molar-refractivity contribution is 0.0957. The molecule has 0 aliphatic carbocycles. The summed E-state index contributed by atoms with van der Waals surface area (Å²) in [4.78, 5) is 53.9. The van der Waals surface area contributed by atoms with Gasteiger partial charge in [-0.05, 0) is 76.6 Å². The number of fused-ring (bicyclic) bond motifs is 5. The highest BCUT2D eigenvalue weighted by Gasteiger charge is 2.44. The van der Waals surface area contributed by atoms with Crippen molar-refractivity contribution in [1.29, 1.82) is 0 Å². The van der Waals surface area contributed by atoms with Crippen LogP contribution in [0.5, 0.6) is 11.5 Å². The van der Waals surface area contributed by atoms with Crippen LogP contribution >= 0.6 is 0 Å². The number of carbonyl (C=O) groups is 2. The Morgan fingerprint density at radius 1 is 1.00 bits per heavy atom. The molecular formula is C30H33N5O6. The van der Waals surface area contributed by atoms with E-state index < -0.39 is 29.1 Å². The van der Waals surface area contributed by atoms with Crippen molar-refractivity contribution in [1.82, 2.24) is 24.1 Å². The number of nitrogens with zero attached hydrogens (tertiary/aromatic N) is 4. The molecule has 4 heterocycles. The summed E-state index contributed by atoms with van der Waals surface area (Å²) in [7, 11) is 0. The van der Waals surface area contributed by atoms with Gasteiger partial charge in [0, 0.05) is 42.4 Å². The molecular weight excluding hydrogens is 526 g/mol. The van der Waals surface area contributed by atoms with Crippen molar-refractivity contribution in [3.05, 3.63) is 86.2 Å². The van der Waals surface area contributed by atoms with Crippen molar-refractivity contribution < 1.29 is 19.1 Å². The Balaban J connectivity index is 1.40. The van der Waals surface area contributed by atoms with Gasteiger partial charge in [-0.25, -0.2) is 28.3 Å². The van der Waals surface area contributed by atoms with E-state index in [1.54, 1.807) is 47.4 Å². The molecule has 2 aromatic carbocycles. The van der Waals surface area contributed by atoms with Crippen molar-refractivity contribution in [2.45, 2.75) is 64.9 Å². The van der Waals surface area contributed by atoms with Gasteiger partial charge in [-0.1, -0.05) is 6.08 Å². The van der Waals surface area contributed by atoms with Crippen LogP contribution in [-0.2, 0) is 6.54 Å². The average Bonchev–Trinajstić information content (AvgIpc) is 3.17. The standard InChI is InChI=1S/C30H33N5O6/c1-17-15-31-16-18(2)33(17)29(39)40-22-10-11-23-25(14-22)41-30(4,5)24-12-13-32-27(37)34(28(38)35(32)26(23)24)21-8-6-20(7-9-21)19(3)36/h6-12,14,17-18,26,31H,13,15-16H2,1-5H3. The first-order chi connectivity index (χ1) is 19.5. The normalized spacial score (nSPS) is 22.5. The molecule has 1 N–H and O–H groups in total. The molecule has 3 unspecified atom stereocenters. The maximum absolute atomic E-state index is 13.9. The third kappa shape index (κ3) is 4.31. The molecule has 1 fully saturated rings. The minimum Gasteiger partial charge on any atom is -0.483 e. The van der Waals surface area contributed by atoms with Crippen LogP contribution in [0.25, 0.3) is 5.69 Å². The molecule has 0 saturated carbocycles. The molecule has 0 spiro atoms. The third-order valence-electron chi connectivity index (χ3n) is 8.20. The maximum Gasteiger partial charge on any atom is 0.415 e. The number of hydrogen-bond donors (Lipinski definition) is 1. The highest BCUT2D eigenvalue weighted by Crippen LogP contribution is 2.47. The van der Waals surface area contributed by atoms with Gasteiger partial charge in [-0.3, -0.25) is 9.69 Å². The lowest BCUT2D eigenvalue weighted by Crippen LogP contribution is -2.57. The Kier molecular flexibility index (Phi) is 6.29. The van der Waals surface area contributed by atoms with Crippen LogP contribution in [0, 0.1) is 0 Å². The molecule has 1 aromatic heterocycles. The number of piperazine rings is 1. The Morgan fingerprint density at radius 3 is 2.34 bits per heavy atom. The van der Waals surface area contributed by atoms with Crippen LogP contribution in [0.15, 0.2) is 63.7 Å². The highest BCUT2D eigenvalue weighted by molar-refractivity contribution is 5.94. The van der Waals surface area contributed by atoms with E-state index in [9.17, 15) is 19.2 Å². The predicted molar refractivity (Wildman–Crippen MR) is 151 cm³/mol. The molecule has 1 saturated heterocycles. The number of aromatic nitrogens is 3. The second kappa shape index (κ2) is 9.62. The maximum atomic E-state index is 13.9. The number of ketones is 1. The van der Waals surface area contributed by atoms with Gasteiger partial charge in [0.15, 0.2) is 5.78 Å². The Labute approximate surface area is 236 Å². The molecule has 214 valence electrons. The number of ether oxygens (including phenoxy) is 2. The summed E-state index contributed by atoms with van der Waals surface area (Å²) in [5, 5.41) is 3.30. The lowest BCUT2D eigenvalue weighted by atomic mass is 9.83. The largest absolute Gasteiger partial charge is 0.483 e. The monoisotopic (exact) mass is 559 g/mol. The van der Waals surface area contributed by atoms with Gasteiger partial charge in [0.25, 0.3) is 0 Å². The molecule has 0 radical (unpaired) electrons. The van der Waals surface area contributed by atoms with Gasteiger partial charge in [-0.2, -0.15) is 0 Å². The SMILES string of the molecule is CC(=O)c1ccc(-n2c(=O)n3n(c2=O)C2C(=CC3)C(C)(C)Oc3cc(OC(=O)N4C(C)CNCC4C)ccc32)cc1. The van der Waals surface area contributed by atoms with E-state index in [4.69, 9.17) is 9.47 Å². The van der Waals surface area contributed by atoms with Crippen molar-refractivity contribution in [2.75, 3.05) is 13.1 Å². The predicted octanol–water partition coefficient (Wildman–Crippen LogP) is 2.88. The number of allylic oxidation sites excluding steroid dienone is 1. The van der Waals surface area contributed by atoms with Crippen LogP contribution in [0.2, 0.25) is 0 Å². The van der Waals surface area contributed by atoms with Gasteiger partial charge in [-0.15, -0.1) is 0 Å². The highest BCUT2D eigenvalue weighted by atomic mass is 16.6. The van der Waals surface area contributed by atoms with Crippen LogP contribution in [0.4, 0.5) is 4.79 Å². The number of Topliss-reactive ketones (excluding diaryl/α,β-unsaturated/α-hetero) is 1. The molecule has 3 aliphatic rings. The van der Waals surface area contributed by atoms with Crippen molar-refractivity contribution in [2.24, 2.45) is 0 Å². The van der Waals surface area contributed by atoms with Crippen molar-refractivity contribution in [3.63, 3.8) is 0 Å². The van der Waals surface area contributed by atoms with Crippen LogP contribution < -0.4 is 26.2 Å². The van der Waals surface area contributed by atoms with Crippen molar-refractivity contribution >= 4 is 11.9 Å². The van der Waals surface area contributed by atoms with Crippen molar-refractivity contribution in [3.8, 4) is 17.2 Å². The first-order valence-electron chi connectivity index (χ1n) is 13.8. The van der Waals surface area contributed by atoms with Gasteiger partial charge >= 0.3 is 17.5 Å². The lowest BCUT2D eigenvalue weighted by Gasteiger charge is -2.42. The van der Waals surface area contributed by atoms with Gasteiger partial charge in [0.05, 0.1) is 12.2 Å². The summed E-state index contributed by atoms with van der Waals surface area (Å²) in [6, 6.07) is 10.9. The smallest absolute Gasteiger partial charge is 0.415 e. The summed E-state index contributed by atoms with van der Waals surface area (Å²) in [5.41, 5.74) is 0.633. The van der Waals surface area contributed by atoms with E-state index in [0.29, 0.717) is 41.4 Å². The van der Waals surface area contributed by atoms with Gasteiger partial charge in [0.1, 0.15) is 23.1 Å². The second-order valence-corrected chi connectivity index (χ2v) is 11.4. The third-order valence-corrected chi connectivity index (χ3v) is 8.20. The number of rotatable bonds is 3. The molecule has 0 bridgehead atoms. The van der Waals surface area contributed by atoms with E-state index in [1.807, 2.05) is 33.8 Å². The second-order valence-electron chi connectivity index (χ2n) is 11.4. The minimum absolute atomic E-state index is 0.0136. The average molecular weight is 560 g/mol. The summed E-state index contributed by atoms with van der Waals surface area (Å²) in [6.45, 7) is 10.8. The number of carbonyl (C=O) groups excluding carboxylic acids is 2. The fourth-order valence-electron chi connectivity index (χ4n) is 6.15. The first kappa shape index (κ1) is 26.8. The molecule has 3 aromatic rings. The van der Waals surface area contributed by atoms with E-state index in [0.717, 1.165) is 10.1 Å². The number of hydrogen-bond acceptors (Lipinski definition) is 7. The first-order valence-corrected chi connectivity index (χ1v) is 13.8. The minimum atomic E-state index is -0.798. The van der Waals surface area contributed by atoms with E-state index >= 15 is 0 Å². The summed E-state index contributed by atoms with van der Waals surface area (Å²) in [6.07, 6.45) is 1.50. The number of amides is 1. The van der Waals surface area contributed by atoms with Gasteiger partial charge in [0.2, 0.25) is 0 Å². The summed E-state index contributed by atoms with van der Waals surface area (Å²) >= 11 is 0. The topological polar surface area (TPSA) is 117 Å². The zero-order valence-corrected chi connectivity index (χ0v) is 23.7. The van der Waals surface area contributed by atoms with E-state index in [1.165, 1.54) is 16.3 Å². The zero-order chi connectivity index (χ0) is 29.2. The molecule has 11 heteroatoms. The Hall–Kier alpha value is -4.38. The molecule has 41 heavy (non-hydrogen) atoms. The molecule has 1 amide bonds. The van der Waals surface area contributed by atoms with Crippen LogP contribution in [-0.4, -0.2) is 61.5 Å². The molecule has 6 rings (SSSR count). The van der Waals surface area contributed by atoms with E-state index in [-0.39, 0.29) is 24.4 Å². The number of benzene rings is 2. The Bertz CT molecular complexity index is 1700. The van der Waals surface area contributed by atoms with Gasteiger partial charge < -0.3 is 14.8 Å². The fourth-order valence-corrected chi connectivity index (χ4v) is 6.15. The van der Waals surface area contributed by atoms with E-state index in [2.05, 4.69) is 5.32 Å². The summed E-state index contributed by atoms with van der Waals surface area (Å²) in [5.74, 6) is 0.697. The molecule has 11 nitrogen and oxygen atoms in total. The van der Waals surface area contributed by atoms with Crippen LogP contribution in [0.3, 0.4) is 0 Å². The molecule has 3 atom stereocenters. The zero-order valence-electron chi connectivity index (χ0n) is 23.7. The number of nitrogens with one attached hydrogen (secondary N) is 1. The fraction of sp³-hybridized carbons (Fsp3) is 0.400.